The van der Waals surface area contributed by atoms with Gasteiger partial charge in [0.2, 0.25) is 5.91 Å². The lowest BCUT2D eigenvalue weighted by Crippen LogP contribution is -2.38. The molecule has 7 nitrogen and oxygen atoms in total. The summed E-state index contributed by atoms with van der Waals surface area (Å²) in [6, 6.07) is 6.54. The first-order chi connectivity index (χ1) is 10.0. The summed E-state index contributed by atoms with van der Waals surface area (Å²) in [6.07, 6.45) is 0.897. The van der Waals surface area contributed by atoms with Crippen LogP contribution in [0.25, 0.3) is 0 Å². The van der Waals surface area contributed by atoms with Crippen molar-refractivity contribution >= 4 is 17.8 Å². The molecule has 0 aliphatic rings. The molecule has 0 aliphatic carbocycles. The summed E-state index contributed by atoms with van der Waals surface area (Å²) >= 11 is 0. The molecule has 3 N–H and O–H groups in total. The quantitative estimate of drug-likeness (QED) is 0.644. The van der Waals surface area contributed by atoms with Crippen LogP contribution in [0.15, 0.2) is 24.3 Å². The number of carbonyl (C=O) groups excluding carboxylic acids is 2. The van der Waals surface area contributed by atoms with Crippen LogP contribution >= 0.6 is 0 Å². The third-order valence-corrected chi connectivity index (χ3v) is 2.44. The fraction of sp³-hybridized carbons (Fsp3) is 0.357. The van der Waals surface area contributed by atoms with Crippen LogP contribution in [0.1, 0.15) is 23.7 Å². The first-order valence-electron chi connectivity index (χ1n) is 6.52. The minimum absolute atomic E-state index is 0.278. The number of ether oxygens (including phenoxy) is 1. The van der Waals surface area contributed by atoms with Gasteiger partial charge in [0, 0.05) is 5.56 Å². The van der Waals surface area contributed by atoms with Crippen molar-refractivity contribution in [2.75, 3.05) is 19.7 Å². The summed E-state index contributed by atoms with van der Waals surface area (Å²) in [6.45, 7) is 1.85. The Balaban J connectivity index is 2.41. The molecular formula is C14H18N2O5. The van der Waals surface area contributed by atoms with Gasteiger partial charge < -0.3 is 20.5 Å². The lowest BCUT2D eigenvalue weighted by molar-refractivity contribution is -0.137. The molecule has 0 saturated carbocycles. The van der Waals surface area contributed by atoms with E-state index in [9.17, 15) is 14.4 Å². The highest BCUT2D eigenvalue weighted by Crippen LogP contribution is 2.12. The molecule has 2 amide bonds. The van der Waals surface area contributed by atoms with Crippen LogP contribution in [0.5, 0.6) is 5.75 Å². The Bertz CT molecular complexity index is 499. The molecule has 21 heavy (non-hydrogen) atoms. The zero-order valence-electron chi connectivity index (χ0n) is 11.7. The van der Waals surface area contributed by atoms with Crippen LogP contribution in [0.4, 0.5) is 0 Å². The standard InChI is InChI=1S/C14H18N2O5/c1-2-7-21-11-5-3-10(4-6-11)14(20)16-8-12(17)15-9-13(18)19/h3-6H,2,7-9H2,1H3,(H,15,17)(H,16,20)(H,18,19). The van der Waals surface area contributed by atoms with Crippen LogP contribution < -0.4 is 15.4 Å². The highest BCUT2D eigenvalue weighted by Gasteiger charge is 2.08. The van der Waals surface area contributed by atoms with Crippen molar-refractivity contribution < 1.29 is 24.2 Å². The van der Waals surface area contributed by atoms with Crippen LogP contribution in [0, 0.1) is 0 Å². The Kier molecular flexibility index (Phi) is 6.73. The molecule has 1 aromatic rings. The molecule has 0 saturated heterocycles. The second-order valence-corrected chi connectivity index (χ2v) is 4.23. The lowest BCUT2D eigenvalue weighted by atomic mass is 10.2. The Morgan fingerprint density at radius 1 is 1.10 bits per heavy atom. The van der Waals surface area contributed by atoms with Gasteiger partial charge in [-0.1, -0.05) is 6.92 Å². The summed E-state index contributed by atoms with van der Waals surface area (Å²) in [7, 11) is 0. The van der Waals surface area contributed by atoms with Crippen molar-refractivity contribution in [1.82, 2.24) is 10.6 Å². The summed E-state index contributed by atoms with van der Waals surface area (Å²) in [5.41, 5.74) is 0.393. The van der Waals surface area contributed by atoms with Gasteiger partial charge in [-0.15, -0.1) is 0 Å². The molecule has 1 aromatic carbocycles. The number of hydrogen-bond acceptors (Lipinski definition) is 4. The number of hydrogen-bond donors (Lipinski definition) is 3. The second-order valence-electron chi connectivity index (χ2n) is 4.23. The summed E-state index contributed by atoms with van der Waals surface area (Å²) in [5, 5.41) is 12.9. The zero-order chi connectivity index (χ0) is 15.7. The number of benzene rings is 1. The molecule has 0 atom stereocenters. The molecule has 0 aliphatic heterocycles. The first-order valence-corrected chi connectivity index (χ1v) is 6.52. The van der Waals surface area contributed by atoms with Crippen molar-refractivity contribution in [2.45, 2.75) is 13.3 Å². The van der Waals surface area contributed by atoms with Crippen molar-refractivity contribution in [3.63, 3.8) is 0 Å². The monoisotopic (exact) mass is 294 g/mol. The number of carboxylic acid groups (broad SMARTS) is 1. The van der Waals surface area contributed by atoms with Crippen LogP contribution in [0.3, 0.4) is 0 Å². The predicted molar refractivity (Wildman–Crippen MR) is 75.2 cm³/mol. The number of rotatable bonds is 8. The number of carbonyl (C=O) groups is 3. The maximum atomic E-state index is 11.8. The van der Waals surface area contributed by atoms with Gasteiger partial charge in [0.1, 0.15) is 12.3 Å². The molecule has 0 unspecified atom stereocenters. The van der Waals surface area contributed by atoms with Crippen LogP contribution in [-0.2, 0) is 9.59 Å². The molecule has 7 heteroatoms. The van der Waals surface area contributed by atoms with E-state index >= 15 is 0 Å². The average Bonchev–Trinajstić information content (AvgIpc) is 2.49. The van der Waals surface area contributed by atoms with Crippen molar-refractivity contribution in [2.24, 2.45) is 0 Å². The van der Waals surface area contributed by atoms with Crippen molar-refractivity contribution in [3.8, 4) is 5.75 Å². The normalized spacial score (nSPS) is 9.76. The molecule has 0 aromatic heterocycles. The summed E-state index contributed by atoms with van der Waals surface area (Å²) in [5.74, 6) is -1.44. The fourth-order valence-corrected chi connectivity index (χ4v) is 1.42. The maximum Gasteiger partial charge on any atom is 0.322 e. The summed E-state index contributed by atoms with van der Waals surface area (Å²) in [4.78, 5) is 33.3. The number of nitrogens with one attached hydrogen (secondary N) is 2. The SMILES string of the molecule is CCCOc1ccc(C(=O)NCC(=O)NCC(=O)O)cc1. The van der Waals surface area contributed by atoms with E-state index in [4.69, 9.17) is 9.84 Å². The van der Waals surface area contributed by atoms with Gasteiger partial charge in [0.15, 0.2) is 0 Å². The third-order valence-electron chi connectivity index (χ3n) is 2.44. The van der Waals surface area contributed by atoms with E-state index < -0.39 is 24.3 Å². The average molecular weight is 294 g/mol. The van der Waals surface area contributed by atoms with E-state index in [1.165, 1.54) is 0 Å². The van der Waals surface area contributed by atoms with E-state index in [-0.39, 0.29) is 6.54 Å². The minimum Gasteiger partial charge on any atom is -0.494 e. The topological polar surface area (TPSA) is 105 Å². The van der Waals surface area contributed by atoms with E-state index in [1.54, 1.807) is 24.3 Å². The zero-order valence-corrected chi connectivity index (χ0v) is 11.7. The maximum absolute atomic E-state index is 11.8. The largest absolute Gasteiger partial charge is 0.494 e. The van der Waals surface area contributed by atoms with Crippen LogP contribution in [-0.4, -0.2) is 42.6 Å². The Morgan fingerprint density at radius 3 is 2.33 bits per heavy atom. The van der Waals surface area contributed by atoms with Gasteiger partial charge in [-0.3, -0.25) is 14.4 Å². The Morgan fingerprint density at radius 2 is 1.76 bits per heavy atom. The Labute approximate surface area is 122 Å². The van der Waals surface area contributed by atoms with Crippen molar-refractivity contribution in [1.29, 1.82) is 0 Å². The highest BCUT2D eigenvalue weighted by molar-refractivity contribution is 5.96. The smallest absolute Gasteiger partial charge is 0.322 e. The molecule has 114 valence electrons. The van der Waals surface area contributed by atoms with E-state index in [1.807, 2.05) is 6.92 Å². The number of aliphatic carboxylic acids is 1. The van der Waals surface area contributed by atoms with E-state index in [0.717, 1.165) is 6.42 Å². The predicted octanol–water partition coefficient (Wildman–Crippen LogP) is 0.406. The highest BCUT2D eigenvalue weighted by atomic mass is 16.5. The number of amides is 2. The van der Waals surface area contributed by atoms with Gasteiger partial charge in [-0.2, -0.15) is 0 Å². The molecule has 0 heterocycles. The van der Waals surface area contributed by atoms with Gasteiger partial charge in [-0.05, 0) is 30.7 Å². The molecule has 1 rings (SSSR count). The second kappa shape index (κ2) is 8.57. The minimum atomic E-state index is -1.14. The molecular weight excluding hydrogens is 276 g/mol. The number of carboxylic acids is 1. The first kappa shape index (κ1) is 16.5. The summed E-state index contributed by atoms with van der Waals surface area (Å²) < 4.78 is 5.39. The van der Waals surface area contributed by atoms with Gasteiger partial charge in [0.25, 0.3) is 5.91 Å². The van der Waals surface area contributed by atoms with Crippen LogP contribution in [0.2, 0.25) is 0 Å². The van der Waals surface area contributed by atoms with E-state index in [2.05, 4.69) is 10.6 Å². The molecule has 0 bridgehead atoms. The lowest BCUT2D eigenvalue weighted by Gasteiger charge is -2.07. The van der Waals surface area contributed by atoms with Gasteiger partial charge >= 0.3 is 5.97 Å². The molecule has 0 spiro atoms. The van der Waals surface area contributed by atoms with Crippen molar-refractivity contribution in [3.05, 3.63) is 29.8 Å². The fourth-order valence-electron chi connectivity index (χ4n) is 1.42. The molecule has 0 radical (unpaired) electrons. The van der Waals surface area contributed by atoms with Gasteiger partial charge in [0.05, 0.1) is 13.2 Å². The molecule has 0 fully saturated rings. The van der Waals surface area contributed by atoms with E-state index in [0.29, 0.717) is 17.9 Å². The third kappa shape index (κ3) is 6.42. The Hall–Kier alpha value is -2.57. The van der Waals surface area contributed by atoms with Gasteiger partial charge in [-0.25, -0.2) is 0 Å².